The first kappa shape index (κ1) is 18.2. The molecule has 1 unspecified atom stereocenters. The summed E-state index contributed by atoms with van der Waals surface area (Å²) in [4.78, 5) is 4.58. The third-order valence-electron chi connectivity index (χ3n) is 4.42. The van der Waals surface area contributed by atoms with Crippen LogP contribution in [0.3, 0.4) is 0 Å². The van der Waals surface area contributed by atoms with Crippen molar-refractivity contribution in [3.05, 3.63) is 83.4 Å². The van der Waals surface area contributed by atoms with Crippen LogP contribution >= 0.6 is 0 Å². The molecule has 0 aliphatic carbocycles. The molecule has 4 heteroatoms. The molecule has 0 fully saturated rings. The number of aryl methyl sites for hydroxylation is 1. The van der Waals surface area contributed by atoms with Gasteiger partial charge in [-0.3, -0.25) is 4.99 Å². The highest BCUT2D eigenvalue weighted by molar-refractivity contribution is 5.86. The second kappa shape index (κ2) is 7.73. The van der Waals surface area contributed by atoms with Crippen LogP contribution in [-0.2, 0) is 12.6 Å². The lowest BCUT2D eigenvalue weighted by molar-refractivity contribution is -0.137. The summed E-state index contributed by atoms with van der Waals surface area (Å²) in [6, 6.07) is 19.8. The van der Waals surface area contributed by atoms with Crippen molar-refractivity contribution in [2.75, 3.05) is 0 Å². The first-order chi connectivity index (χ1) is 12.4. The summed E-state index contributed by atoms with van der Waals surface area (Å²) in [5, 5.41) is 2.36. The molecule has 3 aromatic rings. The molecule has 3 aromatic carbocycles. The van der Waals surface area contributed by atoms with Gasteiger partial charge in [-0.15, -0.1) is 0 Å². The van der Waals surface area contributed by atoms with Gasteiger partial charge in [0, 0.05) is 0 Å². The smallest absolute Gasteiger partial charge is 0.290 e. The van der Waals surface area contributed by atoms with Gasteiger partial charge in [0.15, 0.2) is 0 Å². The van der Waals surface area contributed by atoms with E-state index in [2.05, 4.69) is 29.3 Å². The predicted molar refractivity (Wildman–Crippen MR) is 101 cm³/mol. The molecule has 0 spiro atoms. The lowest BCUT2D eigenvalue weighted by Gasteiger charge is -2.11. The third kappa shape index (κ3) is 4.31. The average molecular weight is 355 g/mol. The third-order valence-corrected chi connectivity index (χ3v) is 4.42. The molecule has 1 nitrogen and oxygen atoms in total. The molecule has 0 saturated carbocycles. The minimum atomic E-state index is -4.30. The summed E-state index contributed by atoms with van der Waals surface area (Å²) < 4.78 is 38.3. The second-order valence-corrected chi connectivity index (χ2v) is 6.31. The van der Waals surface area contributed by atoms with Gasteiger partial charge in [0.25, 0.3) is 0 Å². The van der Waals surface area contributed by atoms with E-state index in [-0.39, 0.29) is 6.04 Å². The van der Waals surface area contributed by atoms with Crippen LogP contribution in [0.25, 0.3) is 10.8 Å². The largest absolute Gasteiger partial charge is 0.416 e. The maximum Gasteiger partial charge on any atom is 0.416 e. The first-order valence-electron chi connectivity index (χ1n) is 8.60. The highest BCUT2D eigenvalue weighted by Gasteiger charge is 2.30. The number of rotatable bonds is 5. The number of halogens is 3. The van der Waals surface area contributed by atoms with Crippen molar-refractivity contribution in [1.82, 2.24) is 0 Å². The van der Waals surface area contributed by atoms with E-state index in [1.165, 1.54) is 22.9 Å². The summed E-state index contributed by atoms with van der Waals surface area (Å²) in [5.41, 5.74) is 1.22. The fraction of sp³-hybridized carbons (Fsp3) is 0.227. The van der Waals surface area contributed by atoms with E-state index in [9.17, 15) is 13.2 Å². The number of nitrogens with zero attached hydrogens (tertiary/aromatic N) is 1. The lowest BCUT2D eigenvalue weighted by Crippen LogP contribution is -2.05. The topological polar surface area (TPSA) is 12.4 Å². The number of hydrogen-bond acceptors (Lipinski definition) is 1. The van der Waals surface area contributed by atoms with Crippen molar-refractivity contribution in [3.63, 3.8) is 0 Å². The Morgan fingerprint density at radius 1 is 0.962 bits per heavy atom. The zero-order chi connectivity index (χ0) is 18.6. The Hall–Kier alpha value is -2.62. The Kier molecular flexibility index (Phi) is 5.40. The van der Waals surface area contributed by atoms with Gasteiger partial charge in [0.2, 0.25) is 0 Å². The van der Waals surface area contributed by atoms with Gasteiger partial charge in [-0.05, 0) is 53.9 Å². The normalized spacial score (nSPS) is 13.4. The van der Waals surface area contributed by atoms with Crippen LogP contribution < -0.4 is 0 Å². The molecule has 3 rings (SSSR count). The molecule has 0 radical (unpaired) electrons. The van der Waals surface area contributed by atoms with Crippen LogP contribution in [0.2, 0.25) is 0 Å². The van der Waals surface area contributed by atoms with Crippen LogP contribution in [-0.4, -0.2) is 6.21 Å². The van der Waals surface area contributed by atoms with Crippen molar-refractivity contribution < 1.29 is 13.2 Å². The monoisotopic (exact) mass is 355 g/mol. The van der Waals surface area contributed by atoms with Crippen LogP contribution in [0.4, 0.5) is 13.2 Å². The molecular weight excluding hydrogens is 335 g/mol. The zero-order valence-corrected chi connectivity index (χ0v) is 14.5. The van der Waals surface area contributed by atoms with E-state index in [1.807, 2.05) is 31.3 Å². The molecule has 1 atom stereocenters. The van der Waals surface area contributed by atoms with E-state index < -0.39 is 11.7 Å². The van der Waals surface area contributed by atoms with Gasteiger partial charge in [-0.1, -0.05) is 60.7 Å². The van der Waals surface area contributed by atoms with E-state index in [0.717, 1.165) is 11.6 Å². The number of aliphatic imine (C=N–C) groups is 1. The molecule has 0 aliphatic heterocycles. The lowest BCUT2D eigenvalue weighted by atomic mass is 10.00. The fourth-order valence-electron chi connectivity index (χ4n) is 3.06. The molecule has 0 heterocycles. The van der Waals surface area contributed by atoms with E-state index in [4.69, 9.17) is 0 Å². The van der Waals surface area contributed by atoms with Crippen molar-refractivity contribution in [1.29, 1.82) is 0 Å². The van der Waals surface area contributed by atoms with Crippen LogP contribution in [0.5, 0.6) is 0 Å². The van der Waals surface area contributed by atoms with Gasteiger partial charge in [0.05, 0.1) is 11.6 Å². The Morgan fingerprint density at radius 3 is 2.50 bits per heavy atom. The summed E-state index contributed by atoms with van der Waals surface area (Å²) in [6.07, 6.45) is -1.34. The Labute approximate surface area is 151 Å². The predicted octanol–water partition coefficient (Wildman–Crippen LogP) is 6.62. The molecule has 0 saturated heterocycles. The molecule has 0 bridgehead atoms. The molecule has 26 heavy (non-hydrogen) atoms. The highest BCUT2D eigenvalue weighted by Crippen LogP contribution is 2.30. The van der Waals surface area contributed by atoms with Gasteiger partial charge >= 0.3 is 6.18 Å². The van der Waals surface area contributed by atoms with Gasteiger partial charge in [-0.2, -0.15) is 13.2 Å². The summed E-state index contributed by atoms with van der Waals surface area (Å²) in [7, 11) is 0. The van der Waals surface area contributed by atoms with Crippen molar-refractivity contribution in [2.45, 2.75) is 32.0 Å². The van der Waals surface area contributed by atoms with Crippen molar-refractivity contribution in [3.8, 4) is 0 Å². The fourth-order valence-corrected chi connectivity index (χ4v) is 3.06. The SMILES string of the molecule is CC(/N=C/CCc1cccc(C(F)(F)F)c1)c1cccc2ccccc12. The van der Waals surface area contributed by atoms with Crippen LogP contribution in [0.15, 0.2) is 71.7 Å². The van der Waals surface area contributed by atoms with E-state index in [0.29, 0.717) is 18.4 Å². The molecule has 0 N–H and O–H groups in total. The van der Waals surface area contributed by atoms with Gasteiger partial charge in [-0.25, -0.2) is 0 Å². The summed E-state index contributed by atoms with van der Waals surface area (Å²) in [5.74, 6) is 0. The standard InChI is InChI=1S/C22H20F3N/c1-16(20-13-5-10-18-9-2-3-12-21(18)20)26-14-6-8-17-7-4-11-19(15-17)22(23,24)25/h2-5,7,9-16H,6,8H2,1H3/b26-14+. The number of hydrogen-bond donors (Lipinski definition) is 0. The Balaban J connectivity index is 1.65. The number of alkyl halides is 3. The van der Waals surface area contributed by atoms with E-state index in [1.54, 1.807) is 6.07 Å². The van der Waals surface area contributed by atoms with Crippen molar-refractivity contribution >= 4 is 17.0 Å². The second-order valence-electron chi connectivity index (χ2n) is 6.31. The minimum absolute atomic E-state index is 0.00242. The van der Waals surface area contributed by atoms with Gasteiger partial charge < -0.3 is 0 Å². The van der Waals surface area contributed by atoms with Crippen molar-refractivity contribution in [2.24, 2.45) is 4.99 Å². The zero-order valence-electron chi connectivity index (χ0n) is 14.5. The van der Waals surface area contributed by atoms with Crippen LogP contribution in [0.1, 0.15) is 36.1 Å². The highest BCUT2D eigenvalue weighted by atomic mass is 19.4. The molecule has 0 aliphatic rings. The van der Waals surface area contributed by atoms with Gasteiger partial charge in [0.1, 0.15) is 0 Å². The summed E-state index contributed by atoms with van der Waals surface area (Å²) in [6.45, 7) is 2.03. The maximum atomic E-state index is 12.8. The minimum Gasteiger partial charge on any atom is -0.290 e. The number of fused-ring (bicyclic) bond motifs is 1. The molecule has 0 aromatic heterocycles. The Bertz CT molecular complexity index is 907. The first-order valence-corrected chi connectivity index (χ1v) is 8.60. The number of benzene rings is 3. The van der Waals surface area contributed by atoms with Crippen LogP contribution in [0, 0.1) is 0 Å². The average Bonchev–Trinajstić information content (AvgIpc) is 2.64. The quantitative estimate of drug-likeness (QED) is 0.456. The molecular formula is C22H20F3N. The van der Waals surface area contributed by atoms with E-state index >= 15 is 0 Å². The molecule has 134 valence electrons. The Morgan fingerprint density at radius 2 is 1.69 bits per heavy atom. The summed E-state index contributed by atoms with van der Waals surface area (Å²) >= 11 is 0. The maximum absolute atomic E-state index is 12.8. The molecule has 0 amide bonds.